The lowest BCUT2D eigenvalue weighted by Crippen LogP contribution is -2.35. The molecule has 2 atom stereocenters. The molecule has 1 N–H and O–H groups in total. The molecule has 0 spiro atoms. The van der Waals surface area contributed by atoms with Crippen LogP contribution >= 0.6 is 0 Å². The second kappa shape index (κ2) is 7.18. The van der Waals surface area contributed by atoms with Gasteiger partial charge in [-0.15, -0.1) is 0 Å². The molecule has 1 saturated carbocycles. The van der Waals surface area contributed by atoms with Crippen LogP contribution in [0.15, 0.2) is 30.5 Å². The van der Waals surface area contributed by atoms with E-state index >= 15 is 0 Å². The van der Waals surface area contributed by atoms with Crippen LogP contribution in [0.4, 0.5) is 0 Å². The summed E-state index contributed by atoms with van der Waals surface area (Å²) in [6.45, 7) is 2.00. The number of amides is 1. The molecule has 6 heteroatoms. The Balaban J connectivity index is 1.40. The fraction of sp³-hybridized carbons (Fsp3) is 0.476. The number of nitrogens with one attached hydrogen (secondary N) is 1. The maximum atomic E-state index is 12.7. The third kappa shape index (κ3) is 3.36. The van der Waals surface area contributed by atoms with Crippen LogP contribution in [0, 0.1) is 5.92 Å². The second-order valence-corrected chi connectivity index (χ2v) is 7.58. The standard InChI is InChI=1S/C21H24N2O4/c1-13(20(25)17-11-22-18-9-5-4-8-16(17)18)27-21(26)14-10-19(24)23(12-14)15-6-2-3-7-15/h4-5,8-9,11,13-15,22H,2-3,6-7,10,12H2,1H3/t13-,14+/m0/s1. The van der Waals surface area contributed by atoms with Crippen LogP contribution in [-0.2, 0) is 14.3 Å². The van der Waals surface area contributed by atoms with E-state index in [-0.39, 0.29) is 24.2 Å². The molecule has 142 valence electrons. The first-order chi connectivity index (χ1) is 13.0. The van der Waals surface area contributed by atoms with Gasteiger partial charge in [-0.2, -0.15) is 0 Å². The largest absolute Gasteiger partial charge is 0.454 e. The zero-order chi connectivity index (χ0) is 19.0. The number of hydrogen-bond donors (Lipinski definition) is 1. The molecule has 1 aliphatic carbocycles. The highest BCUT2D eigenvalue weighted by Crippen LogP contribution is 2.30. The van der Waals surface area contributed by atoms with Crippen molar-refractivity contribution in [1.29, 1.82) is 0 Å². The van der Waals surface area contributed by atoms with Crippen molar-refractivity contribution >= 4 is 28.6 Å². The molecular weight excluding hydrogens is 344 g/mol. The van der Waals surface area contributed by atoms with Crippen molar-refractivity contribution in [3.63, 3.8) is 0 Å². The number of Topliss-reactive ketones (excluding diaryl/α,β-unsaturated/α-hetero) is 1. The highest BCUT2D eigenvalue weighted by Gasteiger charge is 2.40. The van der Waals surface area contributed by atoms with Crippen molar-refractivity contribution in [2.75, 3.05) is 6.54 Å². The number of aromatic amines is 1. The lowest BCUT2D eigenvalue weighted by Gasteiger charge is -2.24. The van der Waals surface area contributed by atoms with Crippen LogP contribution in [0.25, 0.3) is 10.9 Å². The lowest BCUT2D eigenvalue weighted by molar-refractivity contribution is -0.151. The molecule has 2 heterocycles. The second-order valence-electron chi connectivity index (χ2n) is 7.58. The Morgan fingerprint density at radius 2 is 1.96 bits per heavy atom. The minimum absolute atomic E-state index is 0.0273. The Bertz CT molecular complexity index is 881. The third-order valence-electron chi connectivity index (χ3n) is 5.77. The summed E-state index contributed by atoms with van der Waals surface area (Å²) in [5.41, 5.74) is 1.38. The first kappa shape index (κ1) is 17.8. The van der Waals surface area contributed by atoms with E-state index < -0.39 is 18.0 Å². The Labute approximate surface area is 157 Å². The number of aromatic nitrogens is 1. The predicted octanol–water partition coefficient (Wildman–Crippen LogP) is 3.07. The molecule has 0 radical (unpaired) electrons. The van der Waals surface area contributed by atoms with Crippen molar-refractivity contribution in [3.8, 4) is 0 Å². The zero-order valence-electron chi connectivity index (χ0n) is 15.4. The van der Waals surface area contributed by atoms with Gasteiger partial charge in [0.2, 0.25) is 11.7 Å². The zero-order valence-corrected chi connectivity index (χ0v) is 15.4. The number of nitrogens with zero attached hydrogens (tertiary/aromatic N) is 1. The minimum Gasteiger partial charge on any atom is -0.454 e. The highest BCUT2D eigenvalue weighted by atomic mass is 16.5. The average molecular weight is 368 g/mol. The highest BCUT2D eigenvalue weighted by molar-refractivity contribution is 6.10. The number of benzene rings is 1. The predicted molar refractivity (Wildman–Crippen MR) is 100 cm³/mol. The number of carbonyl (C=O) groups is 3. The molecule has 0 unspecified atom stereocenters. The number of likely N-dealkylation sites (tertiary alicyclic amines) is 1. The van der Waals surface area contributed by atoms with Gasteiger partial charge in [0.05, 0.1) is 5.92 Å². The number of para-hydroxylation sites is 1. The number of esters is 1. The molecule has 1 amide bonds. The quantitative estimate of drug-likeness (QED) is 0.650. The summed E-state index contributed by atoms with van der Waals surface area (Å²) < 4.78 is 5.45. The molecule has 1 saturated heterocycles. The van der Waals surface area contributed by atoms with E-state index in [0.717, 1.165) is 36.6 Å². The van der Waals surface area contributed by atoms with Crippen molar-refractivity contribution in [3.05, 3.63) is 36.0 Å². The van der Waals surface area contributed by atoms with Gasteiger partial charge in [-0.05, 0) is 25.8 Å². The van der Waals surface area contributed by atoms with Gasteiger partial charge >= 0.3 is 5.97 Å². The van der Waals surface area contributed by atoms with Gasteiger partial charge in [0.15, 0.2) is 6.10 Å². The number of ketones is 1. The fourth-order valence-electron chi connectivity index (χ4n) is 4.28. The van der Waals surface area contributed by atoms with Gasteiger partial charge in [-0.1, -0.05) is 31.0 Å². The van der Waals surface area contributed by atoms with E-state index in [1.807, 2.05) is 29.2 Å². The maximum absolute atomic E-state index is 12.7. The van der Waals surface area contributed by atoms with Gasteiger partial charge in [0, 0.05) is 41.7 Å². The van der Waals surface area contributed by atoms with E-state index in [0.29, 0.717) is 12.1 Å². The Kier molecular flexibility index (Phi) is 4.72. The molecule has 6 nitrogen and oxygen atoms in total. The van der Waals surface area contributed by atoms with Crippen molar-refractivity contribution in [1.82, 2.24) is 9.88 Å². The van der Waals surface area contributed by atoms with E-state index in [2.05, 4.69) is 4.98 Å². The van der Waals surface area contributed by atoms with E-state index in [4.69, 9.17) is 4.74 Å². The molecule has 4 rings (SSSR count). The van der Waals surface area contributed by atoms with E-state index in [9.17, 15) is 14.4 Å². The fourth-order valence-corrected chi connectivity index (χ4v) is 4.28. The SMILES string of the molecule is C[C@H](OC(=O)[C@@H]1CC(=O)N(C2CCCC2)C1)C(=O)c1c[nH]c2ccccc12. The third-order valence-corrected chi connectivity index (χ3v) is 5.77. The van der Waals surface area contributed by atoms with Gasteiger partial charge in [-0.3, -0.25) is 14.4 Å². The van der Waals surface area contributed by atoms with E-state index in [1.54, 1.807) is 13.1 Å². The van der Waals surface area contributed by atoms with Gasteiger partial charge < -0.3 is 14.6 Å². The molecular formula is C21H24N2O4. The Morgan fingerprint density at radius 3 is 2.74 bits per heavy atom. The van der Waals surface area contributed by atoms with Crippen molar-refractivity contribution in [2.45, 2.75) is 51.2 Å². The summed E-state index contributed by atoms with van der Waals surface area (Å²) in [4.78, 5) is 42.4. The van der Waals surface area contributed by atoms with Crippen LogP contribution < -0.4 is 0 Å². The van der Waals surface area contributed by atoms with Crippen LogP contribution in [0.5, 0.6) is 0 Å². The number of hydrogen-bond acceptors (Lipinski definition) is 4. The Morgan fingerprint density at radius 1 is 1.22 bits per heavy atom. The van der Waals surface area contributed by atoms with Crippen LogP contribution in [-0.4, -0.2) is 46.2 Å². The molecule has 1 aromatic heterocycles. The van der Waals surface area contributed by atoms with Gasteiger partial charge in [0.1, 0.15) is 0 Å². The van der Waals surface area contributed by atoms with Crippen LogP contribution in [0.3, 0.4) is 0 Å². The molecule has 1 aliphatic heterocycles. The molecule has 2 aliphatic rings. The summed E-state index contributed by atoms with van der Waals surface area (Å²) in [5, 5.41) is 0.814. The summed E-state index contributed by atoms with van der Waals surface area (Å²) in [5.74, 6) is -1.14. The number of rotatable bonds is 5. The van der Waals surface area contributed by atoms with Crippen molar-refractivity contribution < 1.29 is 19.1 Å². The minimum atomic E-state index is -0.882. The average Bonchev–Trinajstić information content (AvgIpc) is 3.40. The van der Waals surface area contributed by atoms with Crippen molar-refractivity contribution in [2.24, 2.45) is 5.92 Å². The Hall–Kier alpha value is -2.63. The van der Waals surface area contributed by atoms with Crippen LogP contribution in [0.2, 0.25) is 0 Å². The number of carbonyl (C=O) groups excluding carboxylic acids is 3. The first-order valence-corrected chi connectivity index (χ1v) is 9.65. The maximum Gasteiger partial charge on any atom is 0.311 e. The summed E-state index contributed by atoms with van der Waals surface area (Å²) in [6, 6.07) is 7.78. The summed E-state index contributed by atoms with van der Waals surface area (Å²) in [6.07, 6.45) is 5.26. The molecule has 2 aromatic rings. The summed E-state index contributed by atoms with van der Waals surface area (Å²) in [7, 11) is 0. The molecule has 27 heavy (non-hydrogen) atoms. The van der Waals surface area contributed by atoms with Gasteiger partial charge in [-0.25, -0.2) is 0 Å². The summed E-state index contributed by atoms with van der Waals surface area (Å²) >= 11 is 0. The lowest BCUT2D eigenvalue weighted by atomic mass is 10.1. The van der Waals surface area contributed by atoms with Gasteiger partial charge in [0.25, 0.3) is 0 Å². The first-order valence-electron chi connectivity index (χ1n) is 9.65. The normalized spacial score (nSPS) is 21.7. The van der Waals surface area contributed by atoms with E-state index in [1.165, 1.54) is 0 Å². The topological polar surface area (TPSA) is 79.5 Å². The van der Waals surface area contributed by atoms with Crippen LogP contribution in [0.1, 0.15) is 49.4 Å². The molecule has 1 aromatic carbocycles. The molecule has 0 bridgehead atoms. The smallest absolute Gasteiger partial charge is 0.311 e. The molecule has 2 fully saturated rings. The number of fused-ring (bicyclic) bond motifs is 1. The number of H-pyrrole nitrogens is 1. The monoisotopic (exact) mass is 368 g/mol. The number of ether oxygens (including phenoxy) is 1.